The predicted octanol–water partition coefficient (Wildman–Crippen LogP) is 2.51. The van der Waals surface area contributed by atoms with E-state index in [-0.39, 0.29) is 0 Å². The van der Waals surface area contributed by atoms with Gasteiger partial charge in [0.1, 0.15) is 0 Å². The minimum Gasteiger partial charge on any atom is -0.305 e. The van der Waals surface area contributed by atoms with Crippen LogP contribution in [-0.4, -0.2) is 28.0 Å². The van der Waals surface area contributed by atoms with Gasteiger partial charge in [-0.2, -0.15) is 5.10 Å². The van der Waals surface area contributed by atoms with Gasteiger partial charge in [-0.1, -0.05) is 18.2 Å². The first kappa shape index (κ1) is 15.5. The molecule has 0 saturated carbocycles. The van der Waals surface area contributed by atoms with E-state index in [1.165, 1.54) is 0 Å². The molecule has 120 valence electrons. The van der Waals surface area contributed by atoms with Crippen LogP contribution in [0, 0.1) is 20.8 Å². The highest BCUT2D eigenvalue weighted by atomic mass is 16.2. The van der Waals surface area contributed by atoms with Crippen molar-refractivity contribution < 1.29 is 9.59 Å². The second-order valence-corrected chi connectivity index (χ2v) is 6.14. The van der Waals surface area contributed by atoms with Gasteiger partial charge in [0.2, 0.25) is 0 Å². The van der Waals surface area contributed by atoms with Gasteiger partial charge in [-0.3, -0.25) is 14.3 Å². The molecular formula is C18H21N3O2. The third kappa shape index (κ3) is 2.46. The fourth-order valence-corrected chi connectivity index (χ4v) is 3.38. The molecular weight excluding hydrogens is 290 g/mol. The average molecular weight is 311 g/mol. The zero-order chi connectivity index (χ0) is 16.7. The molecule has 5 nitrogen and oxygen atoms in total. The van der Waals surface area contributed by atoms with Crippen molar-refractivity contribution in [3.8, 4) is 0 Å². The fourth-order valence-electron chi connectivity index (χ4n) is 3.38. The van der Waals surface area contributed by atoms with E-state index in [2.05, 4.69) is 5.10 Å². The first-order valence-corrected chi connectivity index (χ1v) is 7.86. The maximum atomic E-state index is 12.9. The summed E-state index contributed by atoms with van der Waals surface area (Å²) >= 11 is 0. The topological polar surface area (TPSA) is 55.2 Å². The number of para-hydroxylation sites is 1. The molecule has 0 saturated heterocycles. The number of hydrogen-bond acceptors (Lipinski definition) is 3. The molecule has 0 bridgehead atoms. The molecule has 2 aromatic rings. The van der Waals surface area contributed by atoms with Gasteiger partial charge in [-0.25, -0.2) is 0 Å². The van der Waals surface area contributed by atoms with Gasteiger partial charge in [0.25, 0.3) is 11.7 Å². The molecule has 5 heteroatoms. The number of anilines is 1. The molecule has 1 aliphatic heterocycles. The number of carbonyl (C=O) groups is 2. The molecule has 23 heavy (non-hydrogen) atoms. The third-order valence-electron chi connectivity index (χ3n) is 4.59. The Morgan fingerprint density at radius 1 is 1.17 bits per heavy atom. The molecule has 1 amide bonds. The first-order chi connectivity index (χ1) is 10.9. The first-order valence-electron chi connectivity index (χ1n) is 7.86. The number of Topliss-reactive ketones (excluding diaryl/α,β-unsaturated/α-hetero) is 1. The van der Waals surface area contributed by atoms with E-state index in [4.69, 9.17) is 0 Å². The number of benzene rings is 1. The van der Waals surface area contributed by atoms with E-state index in [1.54, 1.807) is 23.6 Å². The quantitative estimate of drug-likeness (QED) is 0.632. The number of aryl methyl sites for hydroxylation is 4. The Labute approximate surface area is 135 Å². The lowest BCUT2D eigenvalue weighted by atomic mass is 9.97. The molecule has 1 aromatic heterocycles. The highest BCUT2D eigenvalue weighted by molar-refractivity contribution is 6.47. The number of nitrogens with zero attached hydrogens (tertiary/aromatic N) is 3. The fraction of sp³-hybridized carbons (Fsp3) is 0.389. The Balaban J connectivity index is 2.01. The van der Waals surface area contributed by atoms with Crippen molar-refractivity contribution in [3.63, 3.8) is 0 Å². The van der Waals surface area contributed by atoms with Gasteiger partial charge in [0, 0.05) is 19.3 Å². The largest absolute Gasteiger partial charge is 0.305 e. The number of rotatable bonds is 2. The highest BCUT2D eigenvalue weighted by Crippen LogP contribution is 2.31. The van der Waals surface area contributed by atoms with Gasteiger partial charge in [-0.05, 0) is 44.7 Å². The molecule has 2 heterocycles. The summed E-state index contributed by atoms with van der Waals surface area (Å²) in [5.74, 6) is -0.927. The van der Waals surface area contributed by atoms with E-state index in [0.29, 0.717) is 17.8 Å². The zero-order valence-corrected chi connectivity index (χ0v) is 14.0. The van der Waals surface area contributed by atoms with Crippen LogP contribution in [0.2, 0.25) is 0 Å². The Kier molecular flexibility index (Phi) is 3.80. The Morgan fingerprint density at radius 2 is 1.91 bits per heavy atom. The SMILES string of the molecule is Cc1cccc2c1N(C(=O)C(=O)c1c(C)nn(C)c1C)CCC2. The van der Waals surface area contributed by atoms with Crippen LogP contribution >= 0.6 is 0 Å². The highest BCUT2D eigenvalue weighted by Gasteiger charge is 2.32. The molecule has 1 aliphatic rings. The maximum absolute atomic E-state index is 12.9. The van der Waals surface area contributed by atoms with E-state index in [1.807, 2.05) is 32.0 Å². The summed E-state index contributed by atoms with van der Waals surface area (Å²) in [5.41, 5.74) is 4.82. The number of amides is 1. The molecule has 1 aromatic carbocycles. The van der Waals surface area contributed by atoms with Crippen molar-refractivity contribution in [2.45, 2.75) is 33.6 Å². The third-order valence-corrected chi connectivity index (χ3v) is 4.59. The Morgan fingerprint density at radius 3 is 2.57 bits per heavy atom. The normalized spacial score (nSPS) is 13.8. The van der Waals surface area contributed by atoms with Crippen LogP contribution < -0.4 is 4.90 Å². The van der Waals surface area contributed by atoms with Crippen molar-refractivity contribution in [1.82, 2.24) is 9.78 Å². The molecule has 3 rings (SSSR count). The lowest BCUT2D eigenvalue weighted by molar-refractivity contribution is -0.114. The van der Waals surface area contributed by atoms with Crippen LogP contribution in [0.25, 0.3) is 0 Å². The number of ketones is 1. The van der Waals surface area contributed by atoms with Crippen LogP contribution in [0.1, 0.15) is 39.3 Å². The maximum Gasteiger partial charge on any atom is 0.299 e. The summed E-state index contributed by atoms with van der Waals surface area (Å²) < 4.78 is 1.64. The van der Waals surface area contributed by atoms with Crippen molar-refractivity contribution in [2.75, 3.05) is 11.4 Å². The van der Waals surface area contributed by atoms with Crippen molar-refractivity contribution in [3.05, 3.63) is 46.3 Å². The molecule has 0 fully saturated rings. The molecule has 0 spiro atoms. The van der Waals surface area contributed by atoms with Crippen LogP contribution in [0.4, 0.5) is 5.69 Å². The summed E-state index contributed by atoms with van der Waals surface area (Å²) in [6.45, 7) is 6.15. The average Bonchev–Trinajstić information content (AvgIpc) is 2.78. The zero-order valence-electron chi connectivity index (χ0n) is 14.0. The second-order valence-electron chi connectivity index (χ2n) is 6.14. The van der Waals surface area contributed by atoms with Gasteiger partial charge in [0.05, 0.1) is 16.9 Å². The van der Waals surface area contributed by atoms with Gasteiger partial charge >= 0.3 is 0 Å². The monoisotopic (exact) mass is 311 g/mol. The van der Waals surface area contributed by atoms with Crippen LogP contribution in [0.3, 0.4) is 0 Å². The molecule has 0 radical (unpaired) electrons. The summed E-state index contributed by atoms with van der Waals surface area (Å²) in [6.07, 6.45) is 1.82. The number of hydrogen-bond donors (Lipinski definition) is 0. The van der Waals surface area contributed by atoms with E-state index >= 15 is 0 Å². The summed E-state index contributed by atoms with van der Waals surface area (Å²) in [4.78, 5) is 27.3. The van der Waals surface area contributed by atoms with Crippen molar-refractivity contribution in [2.24, 2.45) is 7.05 Å². The Bertz CT molecular complexity index is 805. The predicted molar refractivity (Wildman–Crippen MR) is 88.9 cm³/mol. The van der Waals surface area contributed by atoms with Gasteiger partial charge in [0.15, 0.2) is 0 Å². The van der Waals surface area contributed by atoms with E-state index in [9.17, 15) is 9.59 Å². The lowest BCUT2D eigenvalue weighted by Crippen LogP contribution is -2.40. The Hall–Kier alpha value is -2.43. The lowest BCUT2D eigenvalue weighted by Gasteiger charge is -2.30. The minimum atomic E-state index is -0.468. The van der Waals surface area contributed by atoms with Crippen LogP contribution in [0.15, 0.2) is 18.2 Å². The summed E-state index contributed by atoms with van der Waals surface area (Å²) in [6, 6.07) is 6.02. The van der Waals surface area contributed by atoms with E-state index in [0.717, 1.165) is 35.3 Å². The number of fused-ring (bicyclic) bond motifs is 1. The van der Waals surface area contributed by atoms with E-state index < -0.39 is 11.7 Å². The molecule has 0 unspecified atom stereocenters. The minimum absolute atomic E-state index is 0.429. The number of aromatic nitrogens is 2. The number of carbonyl (C=O) groups excluding carboxylic acids is 2. The van der Waals surface area contributed by atoms with Crippen LogP contribution in [-0.2, 0) is 18.3 Å². The van der Waals surface area contributed by atoms with Crippen molar-refractivity contribution in [1.29, 1.82) is 0 Å². The van der Waals surface area contributed by atoms with Gasteiger partial charge in [-0.15, -0.1) is 0 Å². The molecule has 0 N–H and O–H groups in total. The van der Waals surface area contributed by atoms with Gasteiger partial charge < -0.3 is 4.90 Å². The van der Waals surface area contributed by atoms with Crippen LogP contribution in [0.5, 0.6) is 0 Å². The summed E-state index contributed by atoms with van der Waals surface area (Å²) in [5, 5.41) is 4.25. The van der Waals surface area contributed by atoms with Crippen molar-refractivity contribution >= 4 is 17.4 Å². The smallest absolute Gasteiger partial charge is 0.299 e. The molecule has 0 atom stereocenters. The second kappa shape index (κ2) is 5.65. The molecule has 0 aliphatic carbocycles. The summed E-state index contributed by atoms with van der Waals surface area (Å²) in [7, 11) is 1.78. The standard InChI is InChI=1S/C18H21N3O2/c1-11-7-5-8-14-9-6-10-21(16(11)14)18(23)17(22)15-12(2)19-20(4)13(15)3/h5,7-8H,6,9-10H2,1-4H3.